The van der Waals surface area contributed by atoms with Crippen LogP contribution in [0.25, 0.3) is 10.9 Å². The van der Waals surface area contributed by atoms with Crippen molar-refractivity contribution in [3.05, 3.63) is 41.1 Å². The van der Waals surface area contributed by atoms with E-state index in [9.17, 15) is 9.59 Å². The molecule has 1 aromatic heterocycles. The molecule has 1 aliphatic rings. The van der Waals surface area contributed by atoms with Crippen LogP contribution in [-0.4, -0.2) is 30.1 Å². The molecule has 0 amide bonds. The summed E-state index contributed by atoms with van der Waals surface area (Å²) in [7, 11) is 1.27. The van der Waals surface area contributed by atoms with Crippen molar-refractivity contribution in [3.8, 4) is 0 Å². The number of para-hydroxylation sites is 1. The fraction of sp³-hybridized carbons (Fsp3) is 0.389. The Hall–Kier alpha value is -2.43. The van der Waals surface area contributed by atoms with Crippen molar-refractivity contribution in [1.29, 1.82) is 0 Å². The van der Waals surface area contributed by atoms with Gasteiger partial charge in [0.2, 0.25) is 0 Å². The summed E-state index contributed by atoms with van der Waals surface area (Å²) >= 11 is 0. The second-order valence-corrected chi connectivity index (χ2v) is 5.71. The highest BCUT2D eigenvalue weighted by Gasteiger charge is 2.26. The average Bonchev–Trinajstić information content (AvgIpc) is 2.58. The molecule has 5 nitrogen and oxygen atoms in total. The quantitative estimate of drug-likeness (QED) is 0.815. The number of methoxy groups -OCH3 is 1. The Kier molecular flexibility index (Phi) is 4.28. The van der Waals surface area contributed by atoms with Crippen molar-refractivity contribution < 1.29 is 19.1 Å². The van der Waals surface area contributed by atoms with Gasteiger partial charge in [-0.05, 0) is 44.2 Å². The van der Waals surface area contributed by atoms with Gasteiger partial charge in [0.05, 0.1) is 18.2 Å². The molecule has 0 bridgehead atoms. The number of hydrogen-bond acceptors (Lipinski definition) is 5. The predicted molar refractivity (Wildman–Crippen MR) is 85.3 cm³/mol. The van der Waals surface area contributed by atoms with Crippen molar-refractivity contribution in [2.75, 3.05) is 7.11 Å². The van der Waals surface area contributed by atoms with Gasteiger partial charge in [-0.25, -0.2) is 9.59 Å². The first-order valence-electron chi connectivity index (χ1n) is 7.81. The molecule has 0 radical (unpaired) electrons. The molecule has 5 heteroatoms. The molecule has 0 N–H and O–H groups in total. The van der Waals surface area contributed by atoms with Crippen molar-refractivity contribution in [3.63, 3.8) is 0 Å². The van der Waals surface area contributed by atoms with E-state index >= 15 is 0 Å². The monoisotopic (exact) mass is 313 g/mol. The molecule has 0 spiro atoms. The lowest BCUT2D eigenvalue weighted by molar-refractivity contribution is -0.149. The summed E-state index contributed by atoms with van der Waals surface area (Å²) in [6.45, 7) is 1.51. The highest BCUT2D eigenvalue weighted by Crippen LogP contribution is 2.30. The Bertz CT molecular complexity index is 769. The van der Waals surface area contributed by atoms with E-state index in [4.69, 9.17) is 4.74 Å². The Morgan fingerprint density at radius 1 is 1.17 bits per heavy atom. The fourth-order valence-electron chi connectivity index (χ4n) is 3.04. The van der Waals surface area contributed by atoms with Crippen molar-refractivity contribution in [1.82, 2.24) is 4.98 Å². The van der Waals surface area contributed by atoms with E-state index in [1.54, 1.807) is 0 Å². The van der Waals surface area contributed by atoms with Crippen LogP contribution in [0, 0.1) is 0 Å². The fourth-order valence-corrected chi connectivity index (χ4v) is 3.04. The SMILES string of the molecule is COC(=O)[C@@H](C)OC(=O)c1c2c(nc3ccccc13)CCCC2. The molecule has 3 rings (SSSR count). The lowest BCUT2D eigenvalue weighted by Crippen LogP contribution is -2.26. The Balaban J connectivity index is 2.07. The zero-order valence-corrected chi connectivity index (χ0v) is 13.3. The molecule has 0 unspecified atom stereocenters. The van der Waals surface area contributed by atoms with Gasteiger partial charge in [-0.3, -0.25) is 4.98 Å². The summed E-state index contributed by atoms with van der Waals surface area (Å²) in [5.41, 5.74) is 3.25. The summed E-state index contributed by atoms with van der Waals surface area (Å²) in [6, 6.07) is 7.54. The first-order valence-corrected chi connectivity index (χ1v) is 7.81. The highest BCUT2D eigenvalue weighted by molar-refractivity contribution is 6.05. The lowest BCUT2D eigenvalue weighted by atomic mass is 9.90. The number of fused-ring (bicyclic) bond motifs is 2. The number of carbonyl (C=O) groups excluding carboxylic acids is 2. The maximum Gasteiger partial charge on any atom is 0.346 e. The van der Waals surface area contributed by atoms with Crippen LogP contribution in [0.2, 0.25) is 0 Å². The zero-order chi connectivity index (χ0) is 16.4. The van der Waals surface area contributed by atoms with Gasteiger partial charge in [-0.15, -0.1) is 0 Å². The molecule has 1 heterocycles. The third-order valence-corrected chi connectivity index (χ3v) is 4.19. The highest BCUT2D eigenvalue weighted by atomic mass is 16.6. The number of nitrogens with zero attached hydrogens (tertiary/aromatic N) is 1. The molecule has 120 valence electrons. The second kappa shape index (κ2) is 6.36. The summed E-state index contributed by atoms with van der Waals surface area (Å²) in [5.74, 6) is -1.05. The van der Waals surface area contributed by atoms with Crippen LogP contribution >= 0.6 is 0 Å². The largest absolute Gasteiger partial charge is 0.466 e. The maximum absolute atomic E-state index is 12.7. The number of esters is 2. The molecule has 2 aromatic rings. The number of benzene rings is 1. The first-order chi connectivity index (χ1) is 11.1. The predicted octanol–water partition coefficient (Wildman–Crippen LogP) is 2.83. The van der Waals surface area contributed by atoms with Crippen LogP contribution < -0.4 is 0 Å². The first kappa shape index (κ1) is 15.5. The Labute approximate surface area is 134 Å². The summed E-state index contributed by atoms with van der Waals surface area (Å²) in [4.78, 5) is 28.9. The van der Waals surface area contributed by atoms with Gasteiger partial charge >= 0.3 is 11.9 Å². The number of carbonyl (C=O) groups is 2. The van der Waals surface area contributed by atoms with E-state index in [1.165, 1.54) is 14.0 Å². The van der Waals surface area contributed by atoms with Crippen LogP contribution in [0.15, 0.2) is 24.3 Å². The summed E-state index contributed by atoms with van der Waals surface area (Å²) in [6.07, 6.45) is 2.85. The molecule has 0 fully saturated rings. The van der Waals surface area contributed by atoms with Gasteiger partial charge in [-0.1, -0.05) is 18.2 Å². The molecule has 23 heavy (non-hydrogen) atoms. The van der Waals surface area contributed by atoms with Crippen LogP contribution in [0.4, 0.5) is 0 Å². The third-order valence-electron chi connectivity index (χ3n) is 4.19. The molecule has 0 saturated heterocycles. The number of aromatic nitrogens is 1. The van der Waals surface area contributed by atoms with Crippen LogP contribution in [0.5, 0.6) is 0 Å². The minimum Gasteiger partial charge on any atom is -0.466 e. The number of pyridine rings is 1. The van der Waals surface area contributed by atoms with Gasteiger partial charge in [-0.2, -0.15) is 0 Å². The topological polar surface area (TPSA) is 65.5 Å². The Morgan fingerprint density at radius 3 is 2.70 bits per heavy atom. The van der Waals surface area contributed by atoms with E-state index in [0.29, 0.717) is 5.56 Å². The molecule has 1 aliphatic carbocycles. The number of aryl methyl sites for hydroxylation is 1. The maximum atomic E-state index is 12.7. The van der Waals surface area contributed by atoms with Crippen molar-refractivity contribution in [2.24, 2.45) is 0 Å². The van der Waals surface area contributed by atoms with Crippen LogP contribution in [0.1, 0.15) is 41.4 Å². The third kappa shape index (κ3) is 2.91. The van der Waals surface area contributed by atoms with Gasteiger partial charge in [0.25, 0.3) is 0 Å². The summed E-state index contributed by atoms with van der Waals surface area (Å²) < 4.78 is 9.94. The van der Waals surface area contributed by atoms with E-state index in [1.807, 2.05) is 24.3 Å². The molecule has 1 atom stereocenters. The molecular weight excluding hydrogens is 294 g/mol. The smallest absolute Gasteiger partial charge is 0.346 e. The van der Waals surface area contributed by atoms with E-state index in [2.05, 4.69) is 9.72 Å². The number of hydrogen-bond donors (Lipinski definition) is 0. The standard InChI is InChI=1S/C18H19NO4/c1-11(17(20)22-2)23-18(21)16-12-7-3-5-9-14(12)19-15-10-6-4-8-13(15)16/h3,5,7,9,11H,4,6,8,10H2,1-2H3/t11-/m1/s1. The van der Waals surface area contributed by atoms with Gasteiger partial charge in [0, 0.05) is 11.1 Å². The molecular formula is C18H19NO4. The molecule has 1 aromatic carbocycles. The van der Waals surface area contributed by atoms with Gasteiger partial charge in [0.1, 0.15) is 0 Å². The molecule has 0 saturated carbocycles. The Morgan fingerprint density at radius 2 is 1.91 bits per heavy atom. The summed E-state index contributed by atoms with van der Waals surface area (Å²) in [5, 5.41) is 0.773. The zero-order valence-electron chi connectivity index (χ0n) is 13.3. The minimum absolute atomic E-state index is 0.486. The average molecular weight is 313 g/mol. The van der Waals surface area contributed by atoms with E-state index in [0.717, 1.165) is 47.8 Å². The van der Waals surface area contributed by atoms with Crippen molar-refractivity contribution >= 4 is 22.8 Å². The molecule has 0 aliphatic heterocycles. The normalized spacial score (nSPS) is 14.9. The van der Waals surface area contributed by atoms with Gasteiger partial charge in [0.15, 0.2) is 6.10 Å². The minimum atomic E-state index is -0.932. The lowest BCUT2D eigenvalue weighted by Gasteiger charge is -2.20. The van der Waals surface area contributed by atoms with Crippen LogP contribution in [-0.2, 0) is 27.1 Å². The van der Waals surface area contributed by atoms with Crippen molar-refractivity contribution in [2.45, 2.75) is 38.7 Å². The number of rotatable bonds is 3. The van der Waals surface area contributed by atoms with Crippen LogP contribution in [0.3, 0.4) is 0 Å². The van der Waals surface area contributed by atoms with E-state index in [-0.39, 0.29) is 0 Å². The number of ether oxygens (including phenoxy) is 2. The second-order valence-electron chi connectivity index (χ2n) is 5.71. The van der Waals surface area contributed by atoms with Gasteiger partial charge < -0.3 is 9.47 Å². The van der Waals surface area contributed by atoms with E-state index < -0.39 is 18.0 Å².